The summed E-state index contributed by atoms with van der Waals surface area (Å²) >= 11 is 0. The molecule has 2 bridgehead atoms. The van der Waals surface area contributed by atoms with Gasteiger partial charge in [-0.05, 0) is 91.3 Å². The second kappa shape index (κ2) is 24.4. The number of aryl methyl sites for hydroxylation is 2. The number of non-ortho nitro benzene ring substituents is 1. The molecule has 21 heteroatoms. The van der Waals surface area contributed by atoms with Crippen molar-refractivity contribution >= 4 is 11.7 Å². The minimum absolute atomic E-state index is 0.0171. The number of aliphatic hydroxyl groups is 3. The lowest BCUT2D eigenvalue weighted by molar-refractivity contribution is -0.384. The van der Waals surface area contributed by atoms with E-state index in [2.05, 4.69) is 22.1 Å². The highest BCUT2D eigenvalue weighted by atomic mass is 16.7. The lowest BCUT2D eigenvalue weighted by atomic mass is 9.72. The molecule has 3 unspecified atom stereocenters. The summed E-state index contributed by atoms with van der Waals surface area (Å²) in [7, 11) is 3.43. The Morgan fingerprint density at radius 3 is 2.36 bits per heavy atom. The van der Waals surface area contributed by atoms with Gasteiger partial charge in [-0.1, -0.05) is 56.8 Å². The fourth-order valence-corrected chi connectivity index (χ4v) is 11.7. The van der Waals surface area contributed by atoms with Gasteiger partial charge in [0.25, 0.3) is 5.69 Å². The average Bonchev–Trinajstić information content (AvgIpc) is 3.81. The number of fused-ring (bicyclic) bond motifs is 5. The van der Waals surface area contributed by atoms with Crippen molar-refractivity contribution in [2.45, 2.75) is 205 Å². The topological polar surface area (TPSA) is 258 Å². The molecule has 4 aliphatic rings. The first-order valence-corrected chi connectivity index (χ1v) is 25.9. The molecule has 5 heterocycles. The van der Waals surface area contributed by atoms with Crippen LogP contribution < -0.4 is 0 Å². The standard InChI is InChI=1S/C52H82N6O15/c1-14-40-52(11,62)47-32(5)42(54-63)30(3)24-51(10,68-28-29(2)27-67-47)46(33(6)44(34(7)48(61)71-40)72-41-25-50(9,66-13)45(60)35(8)70-41)73-49-43(59)39(23-31(4)69-49)56(12)21-20-37-26-57(55-53-37)22-19-36-15-17-38(18-16-36)58(64)65/h15-18,26,30-35,39-47,49,59-60,62H,2,14,19-25,27-28H2,1,3-13H3/t30-,31-,32+,33+,34-,35+,39?,40-,41?,42?,43-,44+,45+,46-,47-,49+,50-,51-,52-/m1/s1. The van der Waals surface area contributed by atoms with Crippen LogP contribution in [0.4, 0.5) is 5.69 Å². The number of nitro groups is 1. The molecule has 0 amide bonds. The molecule has 3 N–H and O–H groups in total. The van der Waals surface area contributed by atoms with Crippen molar-refractivity contribution in [3.05, 3.63) is 68.9 Å². The Bertz CT molecular complexity index is 2170. The fraction of sp³-hybridized carbons (Fsp3) is 0.788. The molecule has 2 aromatic rings. The van der Waals surface area contributed by atoms with E-state index in [0.717, 1.165) is 11.3 Å². The van der Waals surface area contributed by atoms with Crippen LogP contribution in [0.1, 0.15) is 106 Å². The number of nitrogens with zero attached hydrogens (tertiary/aromatic N) is 6. The number of cyclic esters (lactones) is 1. The number of methoxy groups -OCH3 is 1. The van der Waals surface area contributed by atoms with Gasteiger partial charge in [0, 0.05) is 69.2 Å². The van der Waals surface area contributed by atoms with Gasteiger partial charge in [0.1, 0.15) is 23.9 Å². The third-order valence-corrected chi connectivity index (χ3v) is 16.2. The minimum atomic E-state index is -1.80. The Morgan fingerprint density at radius 1 is 1.01 bits per heavy atom. The van der Waals surface area contributed by atoms with Gasteiger partial charge in [-0.25, -0.2) is 0 Å². The van der Waals surface area contributed by atoms with Crippen LogP contribution in [-0.4, -0.2) is 170 Å². The van der Waals surface area contributed by atoms with Gasteiger partial charge in [0.05, 0.1) is 77.5 Å². The molecule has 1 aromatic heterocycles. The Balaban J connectivity index is 1.34. The van der Waals surface area contributed by atoms with Crippen LogP contribution in [-0.2, 0) is 62.1 Å². The number of rotatable bonds is 15. The van der Waals surface area contributed by atoms with E-state index >= 15 is 0 Å². The van der Waals surface area contributed by atoms with Crippen molar-refractivity contribution < 1.29 is 62.9 Å². The summed E-state index contributed by atoms with van der Waals surface area (Å²) in [5.74, 6) is -3.70. The smallest absolute Gasteiger partial charge is 0.311 e. The van der Waals surface area contributed by atoms with Gasteiger partial charge in [0.15, 0.2) is 12.6 Å². The van der Waals surface area contributed by atoms with Crippen LogP contribution in [0.25, 0.3) is 0 Å². The first-order valence-electron chi connectivity index (χ1n) is 25.9. The van der Waals surface area contributed by atoms with E-state index < -0.39 is 119 Å². The normalized spacial score (nSPS) is 40.3. The zero-order valence-corrected chi connectivity index (χ0v) is 44.8. The molecule has 4 fully saturated rings. The molecule has 0 spiro atoms. The third-order valence-electron chi connectivity index (χ3n) is 16.2. The number of esters is 1. The Hall–Kier alpha value is -3.87. The third kappa shape index (κ3) is 13.4. The summed E-state index contributed by atoms with van der Waals surface area (Å²) in [6.07, 6.45) is -5.82. The maximum atomic E-state index is 14.7. The molecule has 1 aromatic carbocycles. The quantitative estimate of drug-likeness (QED) is 0.0670. The van der Waals surface area contributed by atoms with Crippen molar-refractivity contribution in [2.24, 2.45) is 28.8 Å². The van der Waals surface area contributed by atoms with Gasteiger partial charge in [-0.15, -0.1) is 5.10 Å². The highest BCUT2D eigenvalue weighted by molar-refractivity contribution is 5.73. The number of aliphatic hydroxyl groups excluding tert-OH is 2. The zero-order chi connectivity index (χ0) is 53.7. The van der Waals surface area contributed by atoms with E-state index in [1.807, 2.05) is 45.8 Å². The van der Waals surface area contributed by atoms with Crippen LogP contribution in [0.5, 0.6) is 0 Å². The maximum Gasteiger partial charge on any atom is 0.311 e. The Kier molecular flexibility index (Phi) is 19.5. The molecule has 73 heavy (non-hydrogen) atoms. The van der Waals surface area contributed by atoms with E-state index in [0.29, 0.717) is 37.9 Å². The number of benzene rings is 1. The second-order valence-electron chi connectivity index (χ2n) is 22.0. The van der Waals surface area contributed by atoms with E-state index in [9.17, 15) is 35.1 Å². The number of nitroso groups, excluding NO2 is 1. The highest BCUT2D eigenvalue weighted by Gasteiger charge is 2.55. The molecule has 0 aliphatic carbocycles. The number of ether oxygens (including phenoxy) is 8. The molecule has 0 saturated carbocycles. The van der Waals surface area contributed by atoms with Crippen molar-refractivity contribution in [1.29, 1.82) is 0 Å². The van der Waals surface area contributed by atoms with Gasteiger partial charge < -0.3 is 58.1 Å². The lowest BCUT2D eigenvalue weighted by Crippen LogP contribution is -2.62. The fourth-order valence-electron chi connectivity index (χ4n) is 11.7. The molecule has 19 atom stereocenters. The van der Waals surface area contributed by atoms with Gasteiger partial charge in [-0.2, -0.15) is 4.91 Å². The second-order valence-corrected chi connectivity index (χ2v) is 22.0. The summed E-state index contributed by atoms with van der Waals surface area (Å²) in [6.45, 7) is 23.1. The highest BCUT2D eigenvalue weighted by Crippen LogP contribution is 2.44. The van der Waals surface area contributed by atoms with E-state index in [1.54, 1.807) is 58.4 Å². The molecule has 4 aliphatic heterocycles. The molecule has 21 nitrogen and oxygen atoms in total. The summed E-state index contributed by atoms with van der Waals surface area (Å²) < 4.78 is 54.3. The number of likely N-dealkylation sites (N-methyl/N-ethyl adjacent to an activating group) is 1. The van der Waals surface area contributed by atoms with Crippen LogP contribution in [0.2, 0.25) is 0 Å². The summed E-state index contributed by atoms with van der Waals surface area (Å²) in [4.78, 5) is 40.5. The largest absolute Gasteiger partial charge is 0.459 e. The summed E-state index contributed by atoms with van der Waals surface area (Å²) in [5, 5.41) is 59.5. The number of aromatic nitrogens is 3. The van der Waals surface area contributed by atoms with Gasteiger partial charge in [0.2, 0.25) is 0 Å². The molecule has 6 rings (SSSR count). The van der Waals surface area contributed by atoms with Crippen LogP contribution in [0.15, 0.2) is 47.8 Å². The molecule has 4 saturated heterocycles. The van der Waals surface area contributed by atoms with Crippen LogP contribution >= 0.6 is 0 Å². The number of hydrogen-bond acceptors (Lipinski definition) is 19. The lowest BCUT2D eigenvalue weighted by Gasteiger charge is -2.50. The number of carbonyl (C=O) groups is 1. The van der Waals surface area contributed by atoms with Gasteiger partial charge in [-0.3, -0.25) is 19.6 Å². The Morgan fingerprint density at radius 2 is 1.71 bits per heavy atom. The average molecular weight is 1030 g/mol. The van der Waals surface area contributed by atoms with E-state index in [-0.39, 0.29) is 44.3 Å². The van der Waals surface area contributed by atoms with Crippen molar-refractivity contribution in [2.75, 3.05) is 33.9 Å². The SMILES string of the molecule is C=C1CO[C@@H]2[C@@H](C)C(N=O)[C@H](C)C[C@@](C)(OC1)[C@H](O[C@@H]1O[C@H](C)CC(N(C)CCc3cn(CCc4ccc([N+](=O)[O-])cc4)nn3)[C@H]1O)[C@@H](C)[C@H](OC1C[C@@](C)(OC)[C@@H](O)[C@H](C)O1)[C@@H](C)C(=O)O[C@H](CC)[C@@]2(C)O. The van der Waals surface area contributed by atoms with E-state index in [4.69, 9.17) is 37.9 Å². The monoisotopic (exact) mass is 1030 g/mol. The predicted molar refractivity (Wildman–Crippen MR) is 267 cm³/mol. The molecule has 0 radical (unpaired) electrons. The molecular formula is C52H82N6O15. The minimum Gasteiger partial charge on any atom is -0.459 e. The first-order chi connectivity index (χ1) is 34.4. The maximum absolute atomic E-state index is 14.7. The molecular weight excluding hydrogens is 949 g/mol. The summed E-state index contributed by atoms with van der Waals surface area (Å²) in [5.41, 5.74) is -1.96. The predicted octanol–water partition coefficient (Wildman–Crippen LogP) is 5.33. The van der Waals surface area contributed by atoms with Crippen LogP contribution in [0.3, 0.4) is 0 Å². The summed E-state index contributed by atoms with van der Waals surface area (Å²) in [6, 6.07) is 5.06. The van der Waals surface area contributed by atoms with E-state index in [1.165, 1.54) is 19.2 Å². The van der Waals surface area contributed by atoms with Crippen molar-refractivity contribution in [3.8, 4) is 0 Å². The number of hydrogen-bond donors (Lipinski definition) is 3. The number of nitro benzene ring substituents is 1. The zero-order valence-electron chi connectivity index (χ0n) is 44.8. The Labute approximate surface area is 429 Å². The van der Waals surface area contributed by atoms with Crippen molar-refractivity contribution in [1.82, 2.24) is 19.9 Å². The van der Waals surface area contributed by atoms with Crippen molar-refractivity contribution in [3.63, 3.8) is 0 Å². The molecule has 410 valence electrons. The number of carbonyl (C=O) groups excluding carboxylic acids is 1. The van der Waals surface area contributed by atoms with Gasteiger partial charge >= 0.3 is 5.97 Å². The first kappa shape index (κ1) is 58.4. The van der Waals surface area contributed by atoms with Crippen LogP contribution in [0, 0.1) is 38.7 Å².